The molecular weight excluding hydrogens is 405 g/mol. The summed E-state index contributed by atoms with van der Waals surface area (Å²) in [6, 6.07) is 5.21. The van der Waals surface area contributed by atoms with Gasteiger partial charge in [0.1, 0.15) is 23.7 Å². The Bertz CT molecular complexity index is 907. The van der Waals surface area contributed by atoms with Gasteiger partial charge in [0.2, 0.25) is 5.89 Å². The number of piperazine rings is 1. The van der Waals surface area contributed by atoms with Gasteiger partial charge in [0.05, 0.1) is 18.8 Å². The van der Waals surface area contributed by atoms with E-state index in [4.69, 9.17) is 13.9 Å². The molecule has 0 radical (unpaired) electrons. The topological polar surface area (TPSA) is 85.1 Å². The highest BCUT2D eigenvalue weighted by Gasteiger charge is 2.37. The Kier molecular flexibility index (Phi) is 6.94. The molecule has 1 fully saturated rings. The number of rotatable bonds is 5. The fourth-order valence-electron chi connectivity index (χ4n) is 3.28. The average Bonchev–Trinajstić information content (AvgIpc) is 3.16. The van der Waals surface area contributed by atoms with Crippen molar-refractivity contribution < 1.29 is 27.9 Å². The number of amides is 1. The lowest BCUT2D eigenvalue weighted by atomic mass is 10.1. The average molecular weight is 433 g/mol. The number of oxazole rings is 1. The van der Waals surface area contributed by atoms with Crippen LogP contribution in [0.1, 0.15) is 33.4 Å². The van der Waals surface area contributed by atoms with Crippen LogP contribution in [0.5, 0.6) is 0 Å². The number of benzene rings is 1. The molecule has 168 valence electrons. The molecule has 2 aromatic rings. The van der Waals surface area contributed by atoms with Gasteiger partial charge in [-0.2, -0.15) is 0 Å². The van der Waals surface area contributed by atoms with Gasteiger partial charge in [-0.3, -0.25) is 9.69 Å². The molecular formula is C22H28FN3O5. The minimum atomic E-state index is -0.646. The summed E-state index contributed by atoms with van der Waals surface area (Å²) in [4.78, 5) is 32.9. The Balaban J connectivity index is 1.71. The molecule has 0 bridgehead atoms. The second-order valence-corrected chi connectivity index (χ2v) is 8.32. The van der Waals surface area contributed by atoms with Crippen LogP contribution in [0.2, 0.25) is 0 Å². The molecule has 31 heavy (non-hydrogen) atoms. The molecule has 1 saturated heterocycles. The summed E-state index contributed by atoms with van der Waals surface area (Å²) in [6.07, 6.45) is 1.06. The van der Waals surface area contributed by atoms with Crippen molar-refractivity contribution >= 4 is 12.1 Å². The van der Waals surface area contributed by atoms with E-state index in [9.17, 15) is 14.0 Å². The maximum atomic E-state index is 13.1. The van der Waals surface area contributed by atoms with Crippen molar-refractivity contribution in [2.24, 2.45) is 0 Å². The summed E-state index contributed by atoms with van der Waals surface area (Å²) in [5.74, 6) is -0.372. The second kappa shape index (κ2) is 9.47. The second-order valence-electron chi connectivity index (χ2n) is 8.32. The Morgan fingerprint density at radius 3 is 2.58 bits per heavy atom. The predicted octanol–water partition coefficient (Wildman–Crippen LogP) is 3.47. The minimum absolute atomic E-state index is 0.163. The lowest BCUT2D eigenvalue weighted by molar-refractivity contribution is -0.152. The predicted molar refractivity (Wildman–Crippen MR) is 111 cm³/mol. The van der Waals surface area contributed by atoms with Gasteiger partial charge >= 0.3 is 12.1 Å². The van der Waals surface area contributed by atoms with E-state index < -0.39 is 23.7 Å². The molecule has 9 heteroatoms. The van der Waals surface area contributed by atoms with Crippen LogP contribution >= 0.6 is 0 Å². The Morgan fingerprint density at radius 2 is 1.94 bits per heavy atom. The maximum Gasteiger partial charge on any atom is 0.410 e. The monoisotopic (exact) mass is 433 g/mol. The van der Waals surface area contributed by atoms with Crippen LogP contribution in [0.3, 0.4) is 0 Å². The van der Waals surface area contributed by atoms with E-state index in [1.165, 1.54) is 23.3 Å². The molecule has 1 atom stereocenters. The summed E-state index contributed by atoms with van der Waals surface area (Å²) in [5.41, 5.74) is 0.661. The van der Waals surface area contributed by atoms with Crippen LogP contribution < -0.4 is 0 Å². The van der Waals surface area contributed by atoms with Gasteiger partial charge < -0.3 is 18.8 Å². The third-order valence-electron chi connectivity index (χ3n) is 4.71. The number of carbonyl (C=O) groups excluding carboxylic acids is 2. The van der Waals surface area contributed by atoms with E-state index in [1.54, 1.807) is 39.8 Å². The summed E-state index contributed by atoms with van der Waals surface area (Å²) >= 11 is 0. The summed E-state index contributed by atoms with van der Waals surface area (Å²) in [7, 11) is 0. The van der Waals surface area contributed by atoms with E-state index in [2.05, 4.69) is 4.98 Å². The standard InChI is InChI=1S/C22H28FN3O5/c1-5-29-20(27)18-13-26(21(28)31-22(2,3)4)11-10-25(18)12-17-14-30-19(24-17)15-6-8-16(23)9-7-15/h6-9,14,18H,5,10-13H2,1-4H3/t18-/m0/s1. The molecule has 3 rings (SSSR count). The Hall–Kier alpha value is -2.94. The van der Waals surface area contributed by atoms with Gasteiger partial charge in [0.25, 0.3) is 0 Å². The highest BCUT2D eigenvalue weighted by Crippen LogP contribution is 2.22. The number of halogens is 1. The molecule has 0 aliphatic carbocycles. The van der Waals surface area contributed by atoms with Crippen molar-refractivity contribution in [3.05, 3.63) is 42.0 Å². The van der Waals surface area contributed by atoms with Crippen LogP contribution in [0.15, 0.2) is 34.9 Å². The molecule has 0 saturated carbocycles. The number of nitrogens with zero attached hydrogens (tertiary/aromatic N) is 3. The normalized spacial score (nSPS) is 17.5. The summed E-state index contributed by atoms with van der Waals surface area (Å²) in [6.45, 7) is 8.74. The zero-order chi connectivity index (χ0) is 22.6. The third-order valence-corrected chi connectivity index (χ3v) is 4.71. The smallest absolute Gasteiger partial charge is 0.410 e. The van der Waals surface area contributed by atoms with Gasteiger partial charge in [-0.25, -0.2) is 14.2 Å². The van der Waals surface area contributed by atoms with Crippen LogP contribution in [-0.4, -0.2) is 64.7 Å². The van der Waals surface area contributed by atoms with Crippen LogP contribution in [0, 0.1) is 5.82 Å². The molecule has 1 aromatic heterocycles. The first-order valence-corrected chi connectivity index (χ1v) is 10.2. The zero-order valence-corrected chi connectivity index (χ0v) is 18.3. The highest BCUT2D eigenvalue weighted by atomic mass is 19.1. The third kappa shape index (κ3) is 6.04. The van der Waals surface area contributed by atoms with Gasteiger partial charge in [-0.15, -0.1) is 0 Å². The van der Waals surface area contributed by atoms with Crippen molar-refractivity contribution in [3.8, 4) is 11.5 Å². The Morgan fingerprint density at radius 1 is 1.23 bits per heavy atom. The fraction of sp³-hybridized carbons (Fsp3) is 0.500. The molecule has 2 heterocycles. The quantitative estimate of drug-likeness (QED) is 0.668. The molecule has 0 N–H and O–H groups in total. The van der Waals surface area contributed by atoms with E-state index in [0.29, 0.717) is 36.8 Å². The number of hydrogen-bond donors (Lipinski definition) is 0. The number of ether oxygens (including phenoxy) is 2. The lowest BCUT2D eigenvalue weighted by Gasteiger charge is -2.39. The summed E-state index contributed by atoms with van der Waals surface area (Å²) < 4.78 is 29.3. The first-order valence-electron chi connectivity index (χ1n) is 10.2. The van der Waals surface area contributed by atoms with Gasteiger partial charge in [-0.05, 0) is 52.0 Å². The first kappa shape index (κ1) is 22.7. The van der Waals surface area contributed by atoms with E-state index in [0.717, 1.165) is 0 Å². The van der Waals surface area contributed by atoms with Crippen molar-refractivity contribution in [1.29, 1.82) is 0 Å². The number of aromatic nitrogens is 1. The fourth-order valence-corrected chi connectivity index (χ4v) is 3.28. The molecule has 8 nitrogen and oxygen atoms in total. The first-order chi connectivity index (χ1) is 14.7. The molecule has 1 aliphatic rings. The number of esters is 1. The van der Waals surface area contributed by atoms with E-state index in [-0.39, 0.29) is 19.0 Å². The molecule has 1 amide bonds. The maximum absolute atomic E-state index is 13.1. The van der Waals surface area contributed by atoms with Crippen LogP contribution in [-0.2, 0) is 20.8 Å². The number of carbonyl (C=O) groups is 2. The van der Waals surface area contributed by atoms with Crippen molar-refractivity contribution in [1.82, 2.24) is 14.8 Å². The highest BCUT2D eigenvalue weighted by molar-refractivity contribution is 5.78. The minimum Gasteiger partial charge on any atom is -0.465 e. The van der Waals surface area contributed by atoms with Gasteiger partial charge in [0, 0.05) is 25.2 Å². The van der Waals surface area contributed by atoms with Crippen molar-refractivity contribution in [2.45, 2.75) is 45.9 Å². The van der Waals surface area contributed by atoms with Gasteiger partial charge in [0.15, 0.2) is 0 Å². The SMILES string of the molecule is CCOC(=O)[C@@H]1CN(C(=O)OC(C)(C)C)CCN1Cc1coc(-c2ccc(F)cc2)n1. The largest absolute Gasteiger partial charge is 0.465 e. The van der Waals surface area contributed by atoms with Crippen LogP contribution in [0.4, 0.5) is 9.18 Å². The molecule has 0 spiro atoms. The summed E-state index contributed by atoms with van der Waals surface area (Å²) in [5, 5.41) is 0. The van der Waals surface area contributed by atoms with Crippen molar-refractivity contribution in [3.63, 3.8) is 0 Å². The number of hydrogen-bond acceptors (Lipinski definition) is 7. The molecule has 1 aliphatic heterocycles. The van der Waals surface area contributed by atoms with Crippen LogP contribution in [0.25, 0.3) is 11.5 Å². The zero-order valence-electron chi connectivity index (χ0n) is 18.3. The van der Waals surface area contributed by atoms with E-state index in [1.807, 2.05) is 4.90 Å². The molecule has 1 aromatic carbocycles. The van der Waals surface area contributed by atoms with E-state index >= 15 is 0 Å². The molecule has 0 unspecified atom stereocenters. The van der Waals surface area contributed by atoms with Gasteiger partial charge in [-0.1, -0.05) is 0 Å². The van der Waals surface area contributed by atoms with Crippen molar-refractivity contribution in [2.75, 3.05) is 26.2 Å². The lowest BCUT2D eigenvalue weighted by Crippen LogP contribution is -2.58. The Labute approximate surface area is 180 Å².